The first-order chi connectivity index (χ1) is 6.70. The number of carbonyl (C=O) groups is 1. The van der Waals surface area contributed by atoms with Gasteiger partial charge in [-0.3, -0.25) is 9.59 Å². The monoisotopic (exact) mass is 207 g/mol. The highest BCUT2D eigenvalue weighted by Gasteiger charge is 2.01. The van der Waals surface area contributed by atoms with Crippen molar-refractivity contribution in [1.29, 1.82) is 0 Å². The molecule has 70 valence electrons. The first-order valence-electron chi connectivity index (χ1n) is 3.98. The minimum atomic E-state index is -0.205. The molecule has 1 aromatic heterocycles. The van der Waals surface area contributed by atoms with Crippen LogP contribution < -0.4 is 5.43 Å². The number of H-pyrrole nitrogens is 1. The van der Waals surface area contributed by atoms with Gasteiger partial charge in [-0.05, 0) is 18.2 Å². The summed E-state index contributed by atoms with van der Waals surface area (Å²) < 4.78 is 0. The van der Waals surface area contributed by atoms with Gasteiger partial charge in [-0.2, -0.15) is 0 Å². The second kappa shape index (κ2) is 3.27. The predicted molar refractivity (Wildman–Crippen MR) is 55.0 cm³/mol. The van der Waals surface area contributed by atoms with Crippen LogP contribution in [0.2, 0.25) is 5.02 Å². The predicted octanol–water partition coefficient (Wildman–Crippen LogP) is 1.99. The van der Waals surface area contributed by atoms with Crippen LogP contribution in [0.5, 0.6) is 0 Å². The molecule has 4 heteroatoms. The number of rotatable bonds is 1. The maximum Gasteiger partial charge on any atom is 0.190 e. The molecule has 0 saturated heterocycles. The number of nitrogens with one attached hydrogen (secondary N) is 1. The molecular weight excluding hydrogens is 202 g/mol. The third-order valence-corrected chi connectivity index (χ3v) is 2.17. The Balaban J connectivity index is 2.90. The number of hydrogen-bond acceptors (Lipinski definition) is 2. The van der Waals surface area contributed by atoms with Crippen LogP contribution in [0, 0.1) is 0 Å². The fourth-order valence-corrected chi connectivity index (χ4v) is 1.48. The van der Waals surface area contributed by atoms with E-state index in [0.717, 1.165) is 0 Å². The number of aromatic nitrogens is 1. The Morgan fingerprint density at radius 3 is 2.79 bits per heavy atom. The summed E-state index contributed by atoms with van der Waals surface area (Å²) in [6.45, 7) is 0. The van der Waals surface area contributed by atoms with Crippen LogP contribution in [-0.4, -0.2) is 11.3 Å². The molecule has 0 fully saturated rings. The van der Waals surface area contributed by atoms with Crippen LogP contribution in [-0.2, 0) is 0 Å². The number of aldehydes is 1. The zero-order valence-electron chi connectivity index (χ0n) is 7.08. The van der Waals surface area contributed by atoms with E-state index in [-0.39, 0.29) is 11.1 Å². The van der Waals surface area contributed by atoms with Crippen molar-refractivity contribution in [2.45, 2.75) is 0 Å². The van der Waals surface area contributed by atoms with E-state index in [1.54, 1.807) is 18.2 Å². The zero-order valence-corrected chi connectivity index (χ0v) is 7.84. The van der Waals surface area contributed by atoms with Gasteiger partial charge >= 0.3 is 0 Å². The van der Waals surface area contributed by atoms with Crippen LogP contribution in [0.15, 0.2) is 29.1 Å². The maximum absolute atomic E-state index is 11.5. The van der Waals surface area contributed by atoms with Gasteiger partial charge < -0.3 is 4.98 Å². The molecule has 1 N–H and O–H groups in total. The molecule has 0 spiro atoms. The van der Waals surface area contributed by atoms with E-state index in [4.69, 9.17) is 11.6 Å². The van der Waals surface area contributed by atoms with E-state index in [9.17, 15) is 9.59 Å². The molecule has 0 radical (unpaired) electrons. The molecule has 1 aromatic carbocycles. The molecule has 0 aliphatic rings. The molecule has 2 aromatic rings. The van der Waals surface area contributed by atoms with E-state index in [0.29, 0.717) is 22.2 Å². The highest BCUT2D eigenvalue weighted by Crippen LogP contribution is 2.14. The maximum atomic E-state index is 11.5. The van der Waals surface area contributed by atoms with E-state index in [2.05, 4.69) is 4.98 Å². The number of carbonyl (C=O) groups excluding carboxylic acids is 1. The number of benzene rings is 1. The van der Waals surface area contributed by atoms with E-state index in [1.165, 1.54) is 6.07 Å². The molecular formula is C10H6ClNO2. The van der Waals surface area contributed by atoms with Gasteiger partial charge in [-0.15, -0.1) is 0 Å². The van der Waals surface area contributed by atoms with Gasteiger partial charge in [0.1, 0.15) is 0 Å². The number of pyridine rings is 1. The normalized spacial score (nSPS) is 10.4. The minimum Gasteiger partial charge on any atom is -0.352 e. The van der Waals surface area contributed by atoms with Gasteiger partial charge in [0, 0.05) is 22.0 Å². The zero-order chi connectivity index (χ0) is 10.1. The summed E-state index contributed by atoms with van der Waals surface area (Å²) in [6.07, 6.45) is 0.607. The van der Waals surface area contributed by atoms with Gasteiger partial charge in [0.15, 0.2) is 11.7 Å². The molecule has 3 nitrogen and oxygen atoms in total. The molecule has 0 aliphatic carbocycles. The Bertz CT molecular complexity index is 560. The fourth-order valence-electron chi connectivity index (χ4n) is 1.30. The highest BCUT2D eigenvalue weighted by molar-refractivity contribution is 6.31. The summed E-state index contributed by atoms with van der Waals surface area (Å²) in [5.74, 6) is 0. The van der Waals surface area contributed by atoms with Gasteiger partial charge in [0.2, 0.25) is 0 Å². The molecule has 0 unspecified atom stereocenters. The Hall–Kier alpha value is -1.61. The first kappa shape index (κ1) is 8.97. The van der Waals surface area contributed by atoms with E-state index in [1.807, 2.05) is 0 Å². The molecule has 0 atom stereocenters. The molecule has 1 heterocycles. The standard InChI is InChI=1S/C10H6ClNO2/c11-6-1-2-9-8(3-6)10(14)4-7(5-13)12-9/h1-5H,(H,12,14). The van der Waals surface area contributed by atoms with Crippen LogP contribution in [0.3, 0.4) is 0 Å². The lowest BCUT2D eigenvalue weighted by Gasteiger charge is -1.98. The van der Waals surface area contributed by atoms with Gasteiger partial charge in [-0.25, -0.2) is 0 Å². The second-order valence-electron chi connectivity index (χ2n) is 2.90. The van der Waals surface area contributed by atoms with Crippen molar-refractivity contribution < 1.29 is 4.79 Å². The summed E-state index contributed by atoms with van der Waals surface area (Å²) >= 11 is 5.74. The smallest absolute Gasteiger partial charge is 0.190 e. The van der Waals surface area contributed by atoms with Crippen molar-refractivity contribution in [2.24, 2.45) is 0 Å². The van der Waals surface area contributed by atoms with Crippen LogP contribution in [0.1, 0.15) is 10.5 Å². The number of halogens is 1. The van der Waals surface area contributed by atoms with Gasteiger partial charge in [0.05, 0.1) is 5.69 Å². The molecule has 0 aliphatic heterocycles. The summed E-state index contributed by atoms with van der Waals surface area (Å²) in [5, 5.41) is 0.991. The van der Waals surface area contributed by atoms with Crippen molar-refractivity contribution in [3.05, 3.63) is 45.2 Å². The third-order valence-electron chi connectivity index (χ3n) is 1.94. The van der Waals surface area contributed by atoms with E-state index < -0.39 is 0 Å². The molecule has 0 saturated carbocycles. The number of hydrogen-bond donors (Lipinski definition) is 1. The number of aromatic amines is 1. The number of fused-ring (bicyclic) bond motifs is 1. The van der Waals surface area contributed by atoms with Gasteiger partial charge in [-0.1, -0.05) is 11.6 Å². The Morgan fingerprint density at radius 1 is 1.29 bits per heavy atom. The molecule has 14 heavy (non-hydrogen) atoms. The highest BCUT2D eigenvalue weighted by atomic mass is 35.5. The quantitative estimate of drug-likeness (QED) is 0.727. The van der Waals surface area contributed by atoms with Crippen LogP contribution in [0.4, 0.5) is 0 Å². The Labute approximate surface area is 84.3 Å². The summed E-state index contributed by atoms with van der Waals surface area (Å²) in [6, 6.07) is 6.16. The largest absolute Gasteiger partial charge is 0.352 e. The van der Waals surface area contributed by atoms with Crippen molar-refractivity contribution in [1.82, 2.24) is 4.98 Å². The van der Waals surface area contributed by atoms with Crippen LogP contribution in [0.25, 0.3) is 10.9 Å². The molecule has 2 rings (SSSR count). The summed E-state index contributed by atoms with van der Waals surface area (Å²) in [7, 11) is 0. The Kier molecular flexibility index (Phi) is 2.09. The van der Waals surface area contributed by atoms with E-state index >= 15 is 0 Å². The average molecular weight is 208 g/mol. The molecule has 0 bridgehead atoms. The van der Waals surface area contributed by atoms with Crippen LogP contribution >= 0.6 is 11.6 Å². The van der Waals surface area contributed by atoms with Crippen molar-refractivity contribution in [3.63, 3.8) is 0 Å². The summed E-state index contributed by atoms with van der Waals surface area (Å²) in [4.78, 5) is 24.8. The SMILES string of the molecule is O=Cc1cc(=O)c2cc(Cl)ccc2[nH]1. The summed E-state index contributed by atoms with van der Waals surface area (Å²) in [5.41, 5.74) is 0.678. The fraction of sp³-hybridized carbons (Fsp3) is 0. The third kappa shape index (κ3) is 1.42. The minimum absolute atomic E-state index is 0.205. The topological polar surface area (TPSA) is 49.9 Å². The second-order valence-corrected chi connectivity index (χ2v) is 3.33. The lowest BCUT2D eigenvalue weighted by molar-refractivity contribution is 0.111. The van der Waals surface area contributed by atoms with Crippen molar-refractivity contribution in [2.75, 3.05) is 0 Å². The van der Waals surface area contributed by atoms with Crippen molar-refractivity contribution in [3.8, 4) is 0 Å². The molecule has 0 amide bonds. The van der Waals surface area contributed by atoms with Crippen molar-refractivity contribution >= 4 is 28.8 Å². The average Bonchev–Trinajstić information content (AvgIpc) is 2.19. The lowest BCUT2D eigenvalue weighted by Crippen LogP contribution is -2.04. The Morgan fingerprint density at radius 2 is 2.07 bits per heavy atom. The lowest BCUT2D eigenvalue weighted by atomic mass is 10.2. The van der Waals surface area contributed by atoms with Gasteiger partial charge in [0.25, 0.3) is 0 Å². The first-order valence-corrected chi connectivity index (χ1v) is 4.36.